The average molecular weight is 638 g/mol. The molecule has 7 atom stereocenters. The zero-order valence-electron chi connectivity index (χ0n) is 23.3. The van der Waals surface area contributed by atoms with Crippen molar-refractivity contribution < 1.29 is 49.4 Å². The van der Waals surface area contributed by atoms with Gasteiger partial charge < -0.3 is 39.9 Å². The van der Waals surface area contributed by atoms with Gasteiger partial charge in [0.05, 0.1) is 17.2 Å². The van der Waals surface area contributed by atoms with Crippen LogP contribution < -0.4 is 0 Å². The number of aliphatic carboxylic acids is 1. The highest BCUT2D eigenvalue weighted by Gasteiger charge is 2.48. The number of carbonyl (C=O) groups is 3. The molecule has 0 saturated carbocycles. The number of thiophene rings is 1. The predicted molar refractivity (Wildman–Crippen MR) is 158 cm³/mol. The second kappa shape index (κ2) is 15.2. The van der Waals surface area contributed by atoms with Crippen molar-refractivity contribution in [1.82, 2.24) is 4.90 Å². The monoisotopic (exact) mass is 637 g/mol. The van der Waals surface area contributed by atoms with Crippen molar-refractivity contribution in [3.05, 3.63) is 58.5 Å². The van der Waals surface area contributed by atoms with Crippen molar-refractivity contribution in [2.45, 2.75) is 87.8 Å². The minimum absolute atomic E-state index is 0.0208. The number of carboxylic acid groups (broad SMARTS) is 1. The van der Waals surface area contributed by atoms with Gasteiger partial charge in [0.1, 0.15) is 18.3 Å². The van der Waals surface area contributed by atoms with Crippen LogP contribution >= 0.6 is 22.9 Å². The molecule has 234 valence electrons. The molecule has 5 N–H and O–H groups in total. The molecule has 11 nitrogen and oxygen atoms in total. The summed E-state index contributed by atoms with van der Waals surface area (Å²) in [6.07, 6.45) is 0.564. The summed E-state index contributed by atoms with van der Waals surface area (Å²) in [6.45, 7) is 0.380. The van der Waals surface area contributed by atoms with Crippen molar-refractivity contribution in [3.8, 4) is 0 Å². The van der Waals surface area contributed by atoms with Crippen molar-refractivity contribution >= 4 is 50.9 Å². The number of allylic oxidation sites excluding steroid dienone is 1. The third-order valence-corrected chi connectivity index (χ3v) is 9.25. The van der Waals surface area contributed by atoms with Crippen LogP contribution in [0.5, 0.6) is 0 Å². The summed E-state index contributed by atoms with van der Waals surface area (Å²) in [6, 6.07) is 7.81. The van der Waals surface area contributed by atoms with Gasteiger partial charge in [0, 0.05) is 34.3 Å². The lowest BCUT2D eigenvalue weighted by molar-refractivity contribution is -0.286. The number of esters is 1. The fourth-order valence-electron chi connectivity index (χ4n) is 5.06. The Morgan fingerprint density at radius 3 is 2.67 bits per heavy atom. The predicted octanol–water partition coefficient (Wildman–Crippen LogP) is 2.56. The Bertz CT molecular complexity index is 1350. The highest BCUT2D eigenvalue weighted by molar-refractivity contribution is 7.19. The molecule has 13 heteroatoms. The van der Waals surface area contributed by atoms with Crippen molar-refractivity contribution in [2.24, 2.45) is 0 Å². The Morgan fingerprint density at radius 2 is 1.93 bits per heavy atom. The van der Waals surface area contributed by atoms with Gasteiger partial charge in [-0.25, -0.2) is 4.79 Å². The maximum atomic E-state index is 12.4. The molecule has 2 unspecified atom stereocenters. The Hall–Kier alpha value is -2.84. The van der Waals surface area contributed by atoms with Gasteiger partial charge in [-0.3, -0.25) is 9.59 Å². The molecular weight excluding hydrogens is 602 g/mol. The quantitative estimate of drug-likeness (QED) is 0.125. The van der Waals surface area contributed by atoms with E-state index in [0.717, 1.165) is 20.0 Å². The van der Waals surface area contributed by atoms with Gasteiger partial charge in [0.15, 0.2) is 6.10 Å². The van der Waals surface area contributed by atoms with Gasteiger partial charge in [0.2, 0.25) is 12.2 Å². The highest BCUT2D eigenvalue weighted by Crippen LogP contribution is 2.36. The normalized spacial score (nSPS) is 27.0. The molecule has 2 fully saturated rings. The highest BCUT2D eigenvalue weighted by atomic mass is 35.5. The fraction of sp³-hybridized carbons (Fsp3) is 0.500. The van der Waals surface area contributed by atoms with Crippen LogP contribution in [0.3, 0.4) is 0 Å². The Balaban J connectivity index is 1.17. The number of halogens is 1. The number of nitrogens with zero attached hydrogens (tertiary/aromatic N) is 1. The van der Waals surface area contributed by atoms with Crippen LogP contribution in [-0.4, -0.2) is 97.7 Å². The summed E-state index contributed by atoms with van der Waals surface area (Å²) in [5, 5.41) is 50.8. The summed E-state index contributed by atoms with van der Waals surface area (Å²) in [4.78, 5) is 38.5. The SMILES string of the molecule is O=C(CCCC=CCN1C(=O)CC[C@@H]1C=CC(O)CCc1sc2ccccc2c1Cl)OC1O[C@H](C(=O)O)[C@@H](O)[C@H](O)[C@H]1O. The molecule has 2 aliphatic rings. The summed E-state index contributed by atoms with van der Waals surface area (Å²) < 4.78 is 11.0. The molecule has 0 bridgehead atoms. The van der Waals surface area contributed by atoms with E-state index in [4.69, 9.17) is 26.2 Å². The van der Waals surface area contributed by atoms with Crippen LogP contribution in [0.2, 0.25) is 5.02 Å². The van der Waals surface area contributed by atoms with E-state index in [1.165, 1.54) is 0 Å². The Labute approximate surface area is 257 Å². The molecule has 1 aromatic carbocycles. The number of carboxylic acids is 1. The second-order valence-electron chi connectivity index (χ2n) is 10.6. The first-order chi connectivity index (χ1) is 20.6. The van der Waals surface area contributed by atoms with E-state index in [0.29, 0.717) is 45.1 Å². The largest absolute Gasteiger partial charge is 0.479 e. The molecule has 2 aliphatic heterocycles. The molecule has 0 radical (unpaired) electrons. The number of amides is 1. The fourth-order valence-corrected chi connectivity index (χ4v) is 6.60. The topological polar surface area (TPSA) is 174 Å². The number of carbonyl (C=O) groups excluding carboxylic acids is 2. The number of unbranched alkanes of at least 4 members (excludes halogenated alkanes) is 1. The van der Waals surface area contributed by atoms with E-state index >= 15 is 0 Å². The third-order valence-electron chi connectivity index (χ3n) is 7.48. The molecule has 4 rings (SSSR count). The van der Waals surface area contributed by atoms with Crippen molar-refractivity contribution in [3.63, 3.8) is 0 Å². The number of benzene rings is 1. The van der Waals surface area contributed by atoms with E-state index in [2.05, 4.69) is 0 Å². The number of likely N-dealkylation sites (tertiary alicyclic amines) is 1. The summed E-state index contributed by atoms with van der Waals surface area (Å²) in [7, 11) is 0. The smallest absolute Gasteiger partial charge is 0.335 e. The Morgan fingerprint density at radius 1 is 1.16 bits per heavy atom. The van der Waals surface area contributed by atoms with E-state index in [9.17, 15) is 34.8 Å². The first-order valence-electron chi connectivity index (χ1n) is 14.2. The molecule has 2 saturated heterocycles. The number of aryl methyl sites for hydroxylation is 1. The lowest BCUT2D eigenvalue weighted by Gasteiger charge is -2.37. The summed E-state index contributed by atoms with van der Waals surface area (Å²) in [5.41, 5.74) is 0. The molecule has 1 aromatic heterocycles. The van der Waals surface area contributed by atoms with Gasteiger partial charge in [0.25, 0.3) is 0 Å². The lowest BCUT2D eigenvalue weighted by atomic mass is 9.99. The molecule has 0 aliphatic carbocycles. The van der Waals surface area contributed by atoms with Crippen LogP contribution in [0.4, 0.5) is 0 Å². The standard InChI is InChI=1S/C30H36ClNO10S/c31-24-19-7-4-5-8-20(19)43-21(24)14-13-18(33)12-10-17-11-15-22(34)32(17)16-6-2-1-3-9-23(35)41-30-27(38)25(36)26(37)28(42-30)29(39)40/h2,4-8,10,12,17-18,25-28,30,33,36-38H,1,3,9,11,13-16H2,(H,39,40)/t17-,18?,25-,26-,27+,28-,30?/m0/s1. The maximum Gasteiger partial charge on any atom is 0.335 e. The summed E-state index contributed by atoms with van der Waals surface area (Å²) in [5.74, 6) is -2.31. The van der Waals surface area contributed by atoms with Crippen LogP contribution in [-0.2, 0) is 30.3 Å². The molecular formula is C30H36ClNO10S. The third kappa shape index (κ3) is 8.42. The van der Waals surface area contributed by atoms with Crippen LogP contribution in [0, 0.1) is 0 Å². The minimum Gasteiger partial charge on any atom is -0.479 e. The van der Waals surface area contributed by atoms with E-state index in [-0.39, 0.29) is 18.4 Å². The van der Waals surface area contributed by atoms with Gasteiger partial charge in [-0.2, -0.15) is 0 Å². The second-order valence-corrected chi connectivity index (χ2v) is 12.1. The van der Waals surface area contributed by atoms with Gasteiger partial charge in [-0.05, 0) is 38.2 Å². The van der Waals surface area contributed by atoms with Crippen molar-refractivity contribution in [1.29, 1.82) is 0 Å². The van der Waals surface area contributed by atoms with Crippen LogP contribution in [0.25, 0.3) is 10.1 Å². The van der Waals surface area contributed by atoms with Gasteiger partial charge >= 0.3 is 11.9 Å². The summed E-state index contributed by atoms with van der Waals surface area (Å²) >= 11 is 8.14. The minimum atomic E-state index is -1.87. The molecule has 43 heavy (non-hydrogen) atoms. The molecule has 0 spiro atoms. The van der Waals surface area contributed by atoms with Gasteiger partial charge in [-0.1, -0.05) is 54.1 Å². The molecule has 3 heterocycles. The number of ether oxygens (including phenoxy) is 2. The van der Waals surface area contributed by atoms with Crippen LogP contribution in [0.15, 0.2) is 48.6 Å². The Kier molecular flexibility index (Phi) is 11.7. The number of aliphatic hydroxyl groups excluding tert-OH is 4. The zero-order valence-corrected chi connectivity index (χ0v) is 24.9. The number of fused-ring (bicyclic) bond motifs is 1. The van der Waals surface area contributed by atoms with E-state index in [1.54, 1.807) is 22.3 Å². The molecule has 2 aromatic rings. The number of aliphatic hydroxyl groups is 4. The maximum absolute atomic E-state index is 12.4. The zero-order chi connectivity index (χ0) is 31.1. The average Bonchev–Trinajstić information content (AvgIpc) is 3.50. The number of hydrogen-bond donors (Lipinski definition) is 5. The van der Waals surface area contributed by atoms with Gasteiger partial charge in [-0.15, -0.1) is 11.3 Å². The number of rotatable bonds is 13. The first kappa shape index (κ1) is 33.1. The number of hydrogen-bond acceptors (Lipinski definition) is 10. The first-order valence-corrected chi connectivity index (χ1v) is 15.3. The lowest BCUT2D eigenvalue weighted by Crippen LogP contribution is -2.60. The van der Waals surface area contributed by atoms with Crippen LogP contribution in [0.1, 0.15) is 43.4 Å². The van der Waals surface area contributed by atoms with E-state index < -0.39 is 48.7 Å². The van der Waals surface area contributed by atoms with E-state index in [1.807, 2.05) is 42.5 Å². The molecule has 1 amide bonds. The van der Waals surface area contributed by atoms with Crippen molar-refractivity contribution in [2.75, 3.05) is 6.54 Å².